The molecule has 1 aliphatic heterocycles. The van der Waals surface area contributed by atoms with Crippen LogP contribution >= 0.6 is 31.9 Å². The van der Waals surface area contributed by atoms with E-state index in [1.807, 2.05) is 12.1 Å². The van der Waals surface area contributed by atoms with E-state index in [0.29, 0.717) is 42.0 Å². The summed E-state index contributed by atoms with van der Waals surface area (Å²) in [6.07, 6.45) is 0. The van der Waals surface area contributed by atoms with Crippen molar-refractivity contribution in [1.29, 1.82) is 0 Å². The molecule has 5 nitrogen and oxygen atoms in total. The molecule has 0 fully saturated rings. The van der Waals surface area contributed by atoms with Gasteiger partial charge in [-0.15, -0.1) is 0 Å². The minimum atomic E-state index is -0.439. The van der Waals surface area contributed by atoms with Gasteiger partial charge in [0.2, 0.25) is 0 Å². The highest BCUT2D eigenvalue weighted by Gasteiger charge is 2.30. The fraction of sp³-hybridized carbons (Fsp3) is 0.0769. The van der Waals surface area contributed by atoms with E-state index < -0.39 is 11.8 Å². The van der Waals surface area contributed by atoms with Crippen molar-refractivity contribution in [2.24, 2.45) is 0 Å². The number of nitrogens with one attached hydrogen (secondary N) is 1. The second-order valence-electron chi connectivity index (χ2n) is 8.28. The Labute approximate surface area is 203 Å². The standard InChI is InChI=1S/C26H13Br2NO4/c1-9(30)11-3-4-12-22-18(28)8-16-20-14(25(32)29-26(16)33)6-5-13(24(20)22)21-17(27)7-15(10(2)31)19(11)23(12)21/h3-8H,1-2H3,(H,29,32,33). The molecule has 0 spiro atoms. The van der Waals surface area contributed by atoms with Crippen LogP contribution in [-0.2, 0) is 0 Å². The monoisotopic (exact) mass is 561 g/mol. The number of hydrogen-bond acceptors (Lipinski definition) is 4. The number of benzene rings is 5. The molecule has 0 aromatic heterocycles. The summed E-state index contributed by atoms with van der Waals surface area (Å²) in [6, 6.07) is 10.7. The van der Waals surface area contributed by atoms with Crippen LogP contribution in [0.25, 0.3) is 43.1 Å². The van der Waals surface area contributed by atoms with Gasteiger partial charge in [-0.25, -0.2) is 0 Å². The molecule has 33 heavy (non-hydrogen) atoms. The van der Waals surface area contributed by atoms with Gasteiger partial charge in [-0.3, -0.25) is 24.5 Å². The summed E-state index contributed by atoms with van der Waals surface area (Å²) in [5, 5.41) is 8.53. The zero-order chi connectivity index (χ0) is 23.3. The lowest BCUT2D eigenvalue weighted by Gasteiger charge is -2.23. The lowest BCUT2D eigenvalue weighted by Crippen LogP contribution is -2.34. The van der Waals surface area contributed by atoms with Gasteiger partial charge in [-0.2, -0.15) is 0 Å². The van der Waals surface area contributed by atoms with Crippen molar-refractivity contribution in [1.82, 2.24) is 5.32 Å². The summed E-state index contributed by atoms with van der Waals surface area (Å²) >= 11 is 7.31. The van der Waals surface area contributed by atoms with Crippen LogP contribution in [0.2, 0.25) is 0 Å². The average molecular weight is 563 g/mol. The number of ketones is 2. The van der Waals surface area contributed by atoms with E-state index in [-0.39, 0.29) is 11.6 Å². The number of imide groups is 1. The molecule has 0 aliphatic carbocycles. The van der Waals surface area contributed by atoms with Gasteiger partial charge in [0.1, 0.15) is 0 Å². The molecule has 1 N–H and O–H groups in total. The van der Waals surface area contributed by atoms with E-state index in [1.165, 1.54) is 13.8 Å². The number of carbonyl (C=O) groups excluding carboxylic acids is 4. The fourth-order valence-electron chi connectivity index (χ4n) is 5.19. The van der Waals surface area contributed by atoms with Gasteiger partial charge in [0.25, 0.3) is 11.8 Å². The van der Waals surface area contributed by atoms with Crippen LogP contribution in [0.15, 0.2) is 45.3 Å². The van der Waals surface area contributed by atoms with Crippen LogP contribution < -0.4 is 5.32 Å². The molecule has 5 aromatic carbocycles. The second kappa shape index (κ2) is 6.68. The zero-order valence-corrected chi connectivity index (χ0v) is 20.5. The molecular weight excluding hydrogens is 550 g/mol. The predicted octanol–water partition coefficient (Wildman–Crippen LogP) is 6.55. The van der Waals surface area contributed by atoms with Crippen molar-refractivity contribution in [2.45, 2.75) is 13.8 Å². The zero-order valence-electron chi connectivity index (χ0n) is 17.4. The molecule has 0 saturated carbocycles. The first-order chi connectivity index (χ1) is 15.7. The summed E-state index contributed by atoms with van der Waals surface area (Å²) < 4.78 is 1.40. The third-order valence-electron chi connectivity index (χ3n) is 6.48. The molecule has 7 heteroatoms. The Bertz CT molecular complexity index is 1800. The van der Waals surface area contributed by atoms with Gasteiger partial charge in [0.15, 0.2) is 11.6 Å². The summed E-state index contributed by atoms with van der Waals surface area (Å²) in [7, 11) is 0. The first kappa shape index (κ1) is 20.4. The molecule has 0 unspecified atom stereocenters. The molecule has 0 bridgehead atoms. The Morgan fingerprint density at radius 1 is 0.636 bits per heavy atom. The first-order valence-corrected chi connectivity index (χ1v) is 11.8. The maximum atomic E-state index is 12.7. The highest BCUT2D eigenvalue weighted by atomic mass is 79.9. The predicted molar refractivity (Wildman–Crippen MR) is 135 cm³/mol. The van der Waals surface area contributed by atoms with E-state index in [9.17, 15) is 19.2 Å². The molecule has 6 rings (SSSR count). The Morgan fingerprint density at radius 2 is 1.18 bits per heavy atom. The third-order valence-corrected chi connectivity index (χ3v) is 7.73. The normalized spacial score (nSPS) is 13.5. The number of hydrogen-bond donors (Lipinski definition) is 1. The van der Waals surface area contributed by atoms with Crippen LogP contribution in [-0.4, -0.2) is 23.4 Å². The molecule has 160 valence electrons. The highest BCUT2D eigenvalue weighted by Crippen LogP contribution is 2.49. The van der Waals surface area contributed by atoms with Gasteiger partial charge in [-0.1, -0.05) is 50.1 Å². The van der Waals surface area contributed by atoms with Crippen LogP contribution in [0, 0.1) is 0 Å². The van der Waals surface area contributed by atoms with Crippen molar-refractivity contribution >= 4 is 98.3 Å². The fourth-order valence-corrected chi connectivity index (χ4v) is 6.47. The van der Waals surface area contributed by atoms with Gasteiger partial charge in [0.05, 0.1) is 0 Å². The molecule has 0 saturated heterocycles. The van der Waals surface area contributed by atoms with Gasteiger partial charge < -0.3 is 0 Å². The Kier molecular flexibility index (Phi) is 4.14. The van der Waals surface area contributed by atoms with Crippen molar-refractivity contribution in [3.63, 3.8) is 0 Å². The first-order valence-electron chi connectivity index (χ1n) is 10.2. The number of fused-ring (bicyclic) bond motifs is 2. The van der Waals surface area contributed by atoms with E-state index in [1.54, 1.807) is 24.3 Å². The van der Waals surface area contributed by atoms with Crippen LogP contribution in [0.1, 0.15) is 55.3 Å². The molecule has 0 radical (unpaired) electrons. The SMILES string of the molecule is CC(=O)c1ccc2c3c(Br)cc4c5c(ccc(c6c(Br)cc(C(C)=O)c1c26)c53)C(=O)NC4=O. The summed E-state index contributed by atoms with van der Waals surface area (Å²) in [5.41, 5.74) is 1.81. The lowest BCUT2D eigenvalue weighted by atomic mass is 9.83. The van der Waals surface area contributed by atoms with Crippen molar-refractivity contribution < 1.29 is 19.2 Å². The van der Waals surface area contributed by atoms with E-state index in [4.69, 9.17) is 0 Å². The van der Waals surface area contributed by atoms with Gasteiger partial charge >= 0.3 is 0 Å². The second-order valence-corrected chi connectivity index (χ2v) is 9.99. The maximum Gasteiger partial charge on any atom is 0.258 e. The van der Waals surface area contributed by atoms with Gasteiger partial charge in [-0.05, 0) is 42.8 Å². The molecular formula is C26H13Br2NO4. The molecule has 1 aliphatic rings. The van der Waals surface area contributed by atoms with Crippen LogP contribution in [0.5, 0.6) is 0 Å². The lowest BCUT2D eigenvalue weighted by molar-refractivity contribution is 0.0843. The van der Waals surface area contributed by atoms with Crippen molar-refractivity contribution in [3.8, 4) is 0 Å². The third kappa shape index (κ3) is 2.52. The maximum absolute atomic E-state index is 12.7. The Hall–Kier alpha value is -3.16. The number of Topliss-reactive ketones (excluding diaryl/α,β-unsaturated/α-hetero) is 2. The quantitative estimate of drug-likeness (QED) is 0.114. The van der Waals surface area contributed by atoms with E-state index in [0.717, 1.165) is 32.3 Å². The largest absolute Gasteiger partial charge is 0.294 e. The smallest absolute Gasteiger partial charge is 0.258 e. The number of rotatable bonds is 2. The molecule has 1 heterocycles. The topological polar surface area (TPSA) is 80.3 Å². The molecule has 0 atom stereocenters. The Morgan fingerprint density at radius 3 is 1.82 bits per heavy atom. The number of halogens is 2. The van der Waals surface area contributed by atoms with Crippen molar-refractivity contribution in [2.75, 3.05) is 0 Å². The minimum Gasteiger partial charge on any atom is -0.294 e. The summed E-state index contributed by atoms with van der Waals surface area (Å²) in [4.78, 5) is 50.4. The highest BCUT2D eigenvalue weighted by molar-refractivity contribution is 9.11. The van der Waals surface area contributed by atoms with E-state index >= 15 is 0 Å². The molecule has 2 amide bonds. The Balaban J connectivity index is 2.03. The summed E-state index contributed by atoms with van der Waals surface area (Å²) in [6.45, 7) is 2.98. The van der Waals surface area contributed by atoms with Crippen LogP contribution in [0.4, 0.5) is 0 Å². The summed E-state index contributed by atoms with van der Waals surface area (Å²) in [5.74, 6) is -1.14. The van der Waals surface area contributed by atoms with E-state index in [2.05, 4.69) is 37.2 Å². The number of carbonyl (C=O) groups is 4. The van der Waals surface area contributed by atoms with Crippen LogP contribution in [0.3, 0.4) is 0 Å². The molecule has 5 aromatic rings. The minimum absolute atomic E-state index is 0.130. The average Bonchev–Trinajstić information content (AvgIpc) is 2.76. The number of amides is 2. The van der Waals surface area contributed by atoms with Crippen molar-refractivity contribution in [3.05, 3.63) is 67.6 Å². The van der Waals surface area contributed by atoms with Gasteiger partial charge in [0, 0.05) is 63.5 Å².